The second kappa shape index (κ2) is 6.75. The van der Waals surface area contributed by atoms with Gasteiger partial charge in [0, 0.05) is 18.1 Å². The van der Waals surface area contributed by atoms with Crippen LogP contribution < -0.4 is 0 Å². The number of nitrogens with zero attached hydrogens (tertiary/aromatic N) is 1. The zero-order valence-electron chi connectivity index (χ0n) is 12.2. The van der Waals surface area contributed by atoms with E-state index in [0.717, 1.165) is 19.4 Å². The van der Waals surface area contributed by atoms with Crippen molar-refractivity contribution in [3.63, 3.8) is 0 Å². The number of hydrogen-bond donors (Lipinski definition) is 1. The van der Waals surface area contributed by atoms with Gasteiger partial charge < -0.3 is 5.11 Å². The minimum Gasteiger partial charge on any atom is -0.481 e. The molecule has 21 heavy (non-hydrogen) atoms. The van der Waals surface area contributed by atoms with Crippen LogP contribution in [0.2, 0.25) is 5.02 Å². The molecule has 1 unspecified atom stereocenters. The average molecular weight is 314 g/mol. The minimum absolute atomic E-state index is 0.315. The Hall–Kier alpha value is -1.13. The summed E-state index contributed by atoms with van der Waals surface area (Å²) in [5.74, 6) is -1.04. The molecule has 0 aliphatic carbocycles. The van der Waals surface area contributed by atoms with E-state index in [1.807, 2.05) is 6.92 Å². The SMILES string of the molecule is CCCC1(C(=O)O)CCCN(Cc2cc(F)ccc2Cl)C1. The topological polar surface area (TPSA) is 40.5 Å². The van der Waals surface area contributed by atoms with Crippen LogP contribution in [-0.4, -0.2) is 29.1 Å². The van der Waals surface area contributed by atoms with Gasteiger partial charge in [-0.3, -0.25) is 9.69 Å². The standard InChI is InChI=1S/C16H21ClFNO2/c1-2-6-16(15(20)21)7-3-8-19(11-16)10-12-9-13(18)4-5-14(12)17/h4-5,9H,2-3,6-8,10-11H2,1H3,(H,20,21). The number of rotatable bonds is 5. The van der Waals surface area contributed by atoms with Crippen molar-refractivity contribution in [3.8, 4) is 0 Å². The molecule has 1 heterocycles. The first-order valence-electron chi connectivity index (χ1n) is 7.36. The molecule has 1 aromatic carbocycles. The Morgan fingerprint density at radius 2 is 2.29 bits per heavy atom. The Morgan fingerprint density at radius 3 is 2.95 bits per heavy atom. The lowest BCUT2D eigenvalue weighted by Crippen LogP contribution is -2.47. The van der Waals surface area contributed by atoms with E-state index >= 15 is 0 Å². The number of carboxylic acids is 1. The van der Waals surface area contributed by atoms with E-state index in [1.165, 1.54) is 12.1 Å². The molecule has 0 bridgehead atoms. The molecule has 1 aliphatic rings. The number of likely N-dealkylation sites (tertiary alicyclic amines) is 1. The van der Waals surface area contributed by atoms with Crippen molar-refractivity contribution < 1.29 is 14.3 Å². The number of benzene rings is 1. The van der Waals surface area contributed by atoms with E-state index < -0.39 is 11.4 Å². The minimum atomic E-state index is -0.723. The van der Waals surface area contributed by atoms with Crippen molar-refractivity contribution >= 4 is 17.6 Å². The van der Waals surface area contributed by atoms with Crippen LogP contribution in [0.1, 0.15) is 38.2 Å². The summed E-state index contributed by atoms with van der Waals surface area (Å²) in [5, 5.41) is 10.1. The maximum absolute atomic E-state index is 13.3. The van der Waals surface area contributed by atoms with Gasteiger partial charge in [-0.05, 0) is 49.6 Å². The molecule has 0 amide bonds. The summed E-state index contributed by atoms with van der Waals surface area (Å²) in [4.78, 5) is 13.7. The van der Waals surface area contributed by atoms with Gasteiger partial charge in [0.2, 0.25) is 0 Å². The van der Waals surface area contributed by atoms with Crippen molar-refractivity contribution in [1.82, 2.24) is 4.90 Å². The Balaban J connectivity index is 2.13. The van der Waals surface area contributed by atoms with Crippen molar-refractivity contribution in [2.75, 3.05) is 13.1 Å². The molecule has 1 fully saturated rings. The average Bonchev–Trinajstić information content (AvgIpc) is 2.43. The number of halogens is 2. The van der Waals surface area contributed by atoms with Gasteiger partial charge >= 0.3 is 5.97 Å². The highest BCUT2D eigenvalue weighted by molar-refractivity contribution is 6.31. The second-order valence-electron chi connectivity index (χ2n) is 5.89. The largest absolute Gasteiger partial charge is 0.481 e. The van der Waals surface area contributed by atoms with Crippen LogP contribution in [0.4, 0.5) is 4.39 Å². The van der Waals surface area contributed by atoms with Gasteiger partial charge in [-0.2, -0.15) is 0 Å². The van der Waals surface area contributed by atoms with E-state index in [9.17, 15) is 14.3 Å². The van der Waals surface area contributed by atoms with Gasteiger partial charge in [-0.25, -0.2) is 4.39 Å². The quantitative estimate of drug-likeness (QED) is 0.895. The Morgan fingerprint density at radius 1 is 1.52 bits per heavy atom. The molecule has 0 spiro atoms. The van der Waals surface area contributed by atoms with E-state index in [2.05, 4.69) is 4.90 Å². The van der Waals surface area contributed by atoms with E-state index in [1.54, 1.807) is 6.07 Å². The van der Waals surface area contributed by atoms with E-state index in [-0.39, 0.29) is 5.82 Å². The third-order valence-corrected chi connectivity index (χ3v) is 4.61. The zero-order chi connectivity index (χ0) is 15.5. The summed E-state index contributed by atoms with van der Waals surface area (Å²) in [6, 6.07) is 4.31. The van der Waals surface area contributed by atoms with Gasteiger partial charge in [-0.15, -0.1) is 0 Å². The zero-order valence-corrected chi connectivity index (χ0v) is 13.0. The summed E-state index contributed by atoms with van der Waals surface area (Å²) in [6.07, 6.45) is 3.08. The Labute approximate surface area is 129 Å². The van der Waals surface area contributed by atoms with Crippen LogP contribution in [0, 0.1) is 11.2 Å². The number of hydrogen-bond acceptors (Lipinski definition) is 2. The predicted molar refractivity (Wildman–Crippen MR) is 80.9 cm³/mol. The lowest BCUT2D eigenvalue weighted by molar-refractivity contribution is -0.153. The van der Waals surface area contributed by atoms with Crippen LogP contribution >= 0.6 is 11.6 Å². The molecule has 2 rings (SSSR count). The maximum atomic E-state index is 13.3. The lowest BCUT2D eigenvalue weighted by Gasteiger charge is -2.40. The number of aliphatic carboxylic acids is 1. The normalized spacial score (nSPS) is 23.2. The first-order valence-corrected chi connectivity index (χ1v) is 7.74. The molecule has 0 aromatic heterocycles. The molecule has 1 saturated heterocycles. The fourth-order valence-corrected chi connectivity index (χ4v) is 3.41. The third kappa shape index (κ3) is 3.74. The van der Waals surface area contributed by atoms with Gasteiger partial charge in [0.15, 0.2) is 0 Å². The molecule has 3 nitrogen and oxygen atoms in total. The van der Waals surface area contributed by atoms with Crippen molar-refractivity contribution in [3.05, 3.63) is 34.6 Å². The van der Waals surface area contributed by atoms with Gasteiger partial charge in [0.1, 0.15) is 5.82 Å². The molecule has 0 radical (unpaired) electrons. The van der Waals surface area contributed by atoms with Crippen LogP contribution in [0.3, 0.4) is 0 Å². The highest BCUT2D eigenvalue weighted by Gasteiger charge is 2.41. The second-order valence-corrected chi connectivity index (χ2v) is 6.29. The van der Waals surface area contributed by atoms with E-state index in [0.29, 0.717) is 36.5 Å². The van der Waals surface area contributed by atoms with Gasteiger partial charge in [-0.1, -0.05) is 24.9 Å². The summed E-state index contributed by atoms with van der Waals surface area (Å²) < 4.78 is 13.3. The molecule has 1 aromatic rings. The van der Waals surface area contributed by atoms with E-state index in [4.69, 9.17) is 11.6 Å². The molecule has 0 saturated carbocycles. The molecular weight excluding hydrogens is 293 g/mol. The Kier molecular flexibility index (Phi) is 5.22. The first kappa shape index (κ1) is 16.2. The van der Waals surface area contributed by atoms with Crippen molar-refractivity contribution in [1.29, 1.82) is 0 Å². The maximum Gasteiger partial charge on any atom is 0.310 e. The van der Waals surface area contributed by atoms with Crippen LogP contribution in [0.25, 0.3) is 0 Å². The van der Waals surface area contributed by atoms with Crippen LogP contribution in [-0.2, 0) is 11.3 Å². The summed E-state index contributed by atoms with van der Waals surface area (Å²) >= 11 is 6.10. The summed E-state index contributed by atoms with van der Waals surface area (Å²) in [6.45, 7) is 3.83. The molecule has 116 valence electrons. The molecule has 1 N–H and O–H groups in total. The lowest BCUT2D eigenvalue weighted by atomic mass is 9.76. The van der Waals surface area contributed by atoms with Crippen LogP contribution in [0.15, 0.2) is 18.2 Å². The van der Waals surface area contributed by atoms with Gasteiger partial charge in [0.25, 0.3) is 0 Å². The molecule has 1 atom stereocenters. The van der Waals surface area contributed by atoms with Crippen LogP contribution in [0.5, 0.6) is 0 Å². The highest BCUT2D eigenvalue weighted by atomic mass is 35.5. The molecule has 5 heteroatoms. The van der Waals surface area contributed by atoms with Crippen molar-refractivity contribution in [2.45, 2.75) is 39.2 Å². The number of piperidine rings is 1. The fraction of sp³-hybridized carbons (Fsp3) is 0.562. The molecular formula is C16H21ClFNO2. The molecule has 1 aliphatic heterocycles. The number of carbonyl (C=O) groups is 1. The smallest absolute Gasteiger partial charge is 0.310 e. The van der Waals surface area contributed by atoms with Gasteiger partial charge in [0.05, 0.1) is 5.41 Å². The third-order valence-electron chi connectivity index (χ3n) is 4.24. The summed E-state index contributed by atoms with van der Waals surface area (Å²) in [7, 11) is 0. The highest BCUT2D eigenvalue weighted by Crippen LogP contribution is 2.36. The Bertz CT molecular complexity index is 519. The predicted octanol–water partition coefficient (Wildman–Crippen LogP) is 3.95. The fourth-order valence-electron chi connectivity index (χ4n) is 3.23. The number of carboxylic acid groups (broad SMARTS) is 1. The van der Waals surface area contributed by atoms with Crippen molar-refractivity contribution in [2.24, 2.45) is 5.41 Å². The monoisotopic (exact) mass is 313 g/mol. The summed E-state index contributed by atoms with van der Waals surface area (Å²) in [5.41, 5.74) is 0.0432. The first-order chi connectivity index (χ1) is 9.97.